The molecule has 38 heavy (non-hydrogen) atoms. The second-order valence-electron chi connectivity index (χ2n) is 9.96. The number of amides is 1. The summed E-state index contributed by atoms with van der Waals surface area (Å²) < 4.78 is 21.5. The Balaban J connectivity index is 1.20. The number of likely N-dealkylation sites (tertiary alicyclic amines) is 1. The average molecular weight is 539 g/mol. The number of benzene rings is 1. The van der Waals surface area contributed by atoms with Crippen molar-refractivity contribution in [2.24, 2.45) is 0 Å². The summed E-state index contributed by atoms with van der Waals surface area (Å²) in [6.07, 6.45) is 8.69. The van der Waals surface area contributed by atoms with Crippen molar-refractivity contribution >= 4 is 44.9 Å². The number of fused-ring (bicyclic) bond motifs is 1. The zero-order valence-electron chi connectivity index (χ0n) is 21.5. The van der Waals surface area contributed by atoms with E-state index in [4.69, 9.17) is 9.72 Å². The molecule has 1 saturated carbocycles. The maximum atomic E-state index is 14.8. The van der Waals surface area contributed by atoms with Crippen LogP contribution < -0.4 is 20.7 Å². The highest BCUT2D eigenvalue weighted by Gasteiger charge is 2.23. The molecule has 0 spiro atoms. The summed E-state index contributed by atoms with van der Waals surface area (Å²) in [7, 11) is 0. The molecular weight excluding hydrogens is 503 g/mol. The van der Waals surface area contributed by atoms with Crippen molar-refractivity contribution in [3.05, 3.63) is 48.1 Å². The third kappa shape index (κ3) is 6.79. The van der Waals surface area contributed by atoms with Crippen molar-refractivity contribution < 1.29 is 13.9 Å². The van der Waals surface area contributed by atoms with E-state index in [2.05, 4.69) is 32.4 Å². The molecule has 3 N–H and O–H groups in total. The van der Waals surface area contributed by atoms with Gasteiger partial charge in [0, 0.05) is 30.4 Å². The van der Waals surface area contributed by atoms with Crippen LogP contribution in [0.3, 0.4) is 0 Å². The normalized spacial score (nSPS) is 20.1. The van der Waals surface area contributed by atoms with Crippen molar-refractivity contribution in [3.8, 4) is 5.75 Å². The van der Waals surface area contributed by atoms with E-state index in [1.807, 2.05) is 11.4 Å². The van der Waals surface area contributed by atoms with E-state index in [-0.39, 0.29) is 23.7 Å². The fourth-order valence-corrected chi connectivity index (χ4v) is 5.93. The topological polar surface area (TPSA) is 91.4 Å². The predicted molar refractivity (Wildman–Crippen MR) is 151 cm³/mol. The van der Waals surface area contributed by atoms with Gasteiger partial charge in [-0.3, -0.25) is 9.69 Å². The lowest BCUT2D eigenvalue weighted by Gasteiger charge is -2.29. The van der Waals surface area contributed by atoms with E-state index in [0.717, 1.165) is 61.4 Å². The lowest BCUT2D eigenvalue weighted by Crippen LogP contribution is -2.39. The number of ether oxygens (including phenoxy) is 1. The van der Waals surface area contributed by atoms with Gasteiger partial charge < -0.3 is 20.7 Å². The molecule has 1 saturated heterocycles. The van der Waals surface area contributed by atoms with Crippen molar-refractivity contribution in [3.63, 3.8) is 0 Å². The lowest BCUT2D eigenvalue weighted by atomic mass is 9.91. The molecule has 10 heteroatoms. The molecule has 3 heterocycles. The Bertz CT molecular complexity index is 1250. The van der Waals surface area contributed by atoms with Crippen molar-refractivity contribution in [2.45, 2.75) is 57.0 Å². The number of halogens is 1. The van der Waals surface area contributed by atoms with Gasteiger partial charge in [0.15, 0.2) is 11.6 Å². The summed E-state index contributed by atoms with van der Waals surface area (Å²) in [5.41, 5.74) is 1.39. The molecule has 0 unspecified atom stereocenters. The van der Waals surface area contributed by atoms with E-state index < -0.39 is 5.82 Å². The first-order chi connectivity index (χ1) is 18.6. The van der Waals surface area contributed by atoms with Gasteiger partial charge >= 0.3 is 0 Å². The summed E-state index contributed by atoms with van der Waals surface area (Å²) in [5.74, 6) is 0.891. The van der Waals surface area contributed by atoms with Crippen LogP contribution >= 0.6 is 11.3 Å². The standard InChI is InChI=1S/C28H35FN6O2S/c1-2-25(36)30-19-6-8-20(9-7-19)31-27-26-23(12-17-38-26)33-28(34-27)32-21-10-11-24(22(29)18-21)37-16-15-35-13-4-3-5-14-35/h2,10-12,17-20H,1,3-9,13-16H2,(H,30,36)(H2,31,32,33,34). The Kier molecular flexibility index (Phi) is 8.70. The number of nitrogens with zero attached hydrogens (tertiary/aromatic N) is 3. The van der Waals surface area contributed by atoms with Crippen LogP contribution in [0.1, 0.15) is 44.9 Å². The smallest absolute Gasteiger partial charge is 0.243 e. The van der Waals surface area contributed by atoms with Crippen LogP contribution in [-0.2, 0) is 4.79 Å². The van der Waals surface area contributed by atoms with Crippen LogP contribution in [0.4, 0.5) is 21.8 Å². The Morgan fingerprint density at radius 2 is 1.92 bits per heavy atom. The zero-order chi connectivity index (χ0) is 26.3. The van der Waals surface area contributed by atoms with Gasteiger partial charge in [0.1, 0.15) is 12.4 Å². The molecule has 0 atom stereocenters. The van der Waals surface area contributed by atoms with E-state index in [1.165, 1.54) is 31.4 Å². The van der Waals surface area contributed by atoms with Crippen molar-refractivity contribution in [2.75, 3.05) is 36.9 Å². The molecule has 0 bridgehead atoms. The number of hydrogen-bond acceptors (Lipinski definition) is 8. The van der Waals surface area contributed by atoms with Crippen LogP contribution in [0.5, 0.6) is 5.75 Å². The van der Waals surface area contributed by atoms with E-state index in [9.17, 15) is 9.18 Å². The molecule has 8 nitrogen and oxygen atoms in total. The molecule has 5 rings (SSSR count). The highest BCUT2D eigenvalue weighted by atomic mass is 32.1. The number of hydrogen-bond donors (Lipinski definition) is 3. The monoisotopic (exact) mass is 538 g/mol. The maximum absolute atomic E-state index is 14.8. The second-order valence-corrected chi connectivity index (χ2v) is 10.9. The first-order valence-electron chi connectivity index (χ1n) is 13.4. The molecule has 3 aromatic rings. The van der Waals surface area contributed by atoms with Gasteiger partial charge in [0.2, 0.25) is 11.9 Å². The predicted octanol–water partition coefficient (Wildman–Crippen LogP) is 5.46. The quantitative estimate of drug-likeness (QED) is 0.295. The van der Waals surface area contributed by atoms with Gasteiger partial charge in [0.25, 0.3) is 0 Å². The van der Waals surface area contributed by atoms with Gasteiger partial charge in [-0.2, -0.15) is 4.98 Å². The summed E-state index contributed by atoms with van der Waals surface area (Å²) in [4.78, 5) is 23.3. The summed E-state index contributed by atoms with van der Waals surface area (Å²) in [5, 5.41) is 11.7. The Labute approximate surface area is 226 Å². The minimum Gasteiger partial charge on any atom is -0.489 e. The molecule has 2 fully saturated rings. The molecule has 1 aromatic carbocycles. The third-order valence-electron chi connectivity index (χ3n) is 7.21. The second kappa shape index (κ2) is 12.5. The van der Waals surface area contributed by atoms with Crippen molar-refractivity contribution in [1.82, 2.24) is 20.2 Å². The molecule has 2 aliphatic rings. The molecule has 202 valence electrons. The maximum Gasteiger partial charge on any atom is 0.243 e. The summed E-state index contributed by atoms with van der Waals surface area (Å²) in [6.45, 7) is 6.99. The SMILES string of the molecule is C=CC(=O)NC1CCC(Nc2nc(Nc3ccc(OCCN4CCCCC4)c(F)c3)nc3ccsc23)CC1. The van der Waals surface area contributed by atoms with Crippen LogP contribution in [0.15, 0.2) is 42.3 Å². The largest absolute Gasteiger partial charge is 0.489 e. The number of rotatable bonds is 10. The van der Waals surface area contributed by atoms with Crippen LogP contribution in [-0.4, -0.2) is 59.1 Å². The Morgan fingerprint density at radius 1 is 1.13 bits per heavy atom. The number of carbonyl (C=O) groups excluding carboxylic acids is 1. The van der Waals surface area contributed by atoms with Crippen LogP contribution in [0, 0.1) is 5.82 Å². The molecule has 1 aliphatic heterocycles. The Hall–Kier alpha value is -3.24. The highest BCUT2D eigenvalue weighted by molar-refractivity contribution is 7.17. The minimum absolute atomic E-state index is 0.123. The molecule has 1 amide bonds. The number of thiophene rings is 1. The van der Waals surface area contributed by atoms with Gasteiger partial charge in [-0.05, 0) is 81.3 Å². The Morgan fingerprint density at radius 3 is 2.68 bits per heavy atom. The van der Waals surface area contributed by atoms with Gasteiger partial charge in [-0.25, -0.2) is 9.37 Å². The number of nitrogens with one attached hydrogen (secondary N) is 3. The first-order valence-corrected chi connectivity index (χ1v) is 14.3. The number of aromatic nitrogens is 2. The van der Waals surface area contributed by atoms with E-state index in [1.54, 1.807) is 23.5 Å². The number of anilines is 3. The number of piperidine rings is 1. The van der Waals surface area contributed by atoms with E-state index >= 15 is 0 Å². The molecule has 0 radical (unpaired) electrons. The molecule has 1 aliphatic carbocycles. The van der Waals surface area contributed by atoms with Gasteiger partial charge in [-0.15, -0.1) is 11.3 Å². The van der Waals surface area contributed by atoms with E-state index in [0.29, 0.717) is 18.2 Å². The zero-order valence-corrected chi connectivity index (χ0v) is 22.4. The first kappa shape index (κ1) is 26.4. The van der Waals surface area contributed by atoms with Gasteiger partial charge in [0.05, 0.1) is 10.2 Å². The van der Waals surface area contributed by atoms with Gasteiger partial charge in [-0.1, -0.05) is 13.0 Å². The average Bonchev–Trinajstić information content (AvgIpc) is 3.41. The summed E-state index contributed by atoms with van der Waals surface area (Å²) in [6, 6.07) is 7.24. The minimum atomic E-state index is -0.413. The molecule has 2 aromatic heterocycles. The van der Waals surface area contributed by atoms with Crippen molar-refractivity contribution in [1.29, 1.82) is 0 Å². The summed E-state index contributed by atoms with van der Waals surface area (Å²) >= 11 is 1.59. The fraction of sp³-hybridized carbons (Fsp3) is 0.464. The lowest BCUT2D eigenvalue weighted by molar-refractivity contribution is -0.117. The fourth-order valence-electron chi connectivity index (χ4n) is 5.15. The molecular formula is C28H35FN6O2S. The van der Waals surface area contributed by atoms with Crippen LogP contribution in [0.25, 0.3) is 10.2 Å². The third-order valence-corrected chi connectivity index (χ3v) is 8.12. The highest BCUT2D eigenvalue weighted by Crippen LogP contribution is 2.31. The number of carbonyl (C=O) groups is 1. The van der Waals surface area contributed by atoms with Crippen LogP contribution in [0.2, 0.25) is 0 Å².